The minimum absolute atomic E-state index is 0.363. The van der Waals surface area contributed by atoms with Crippen molar-refractivity contribution in [3.8, 4) is 5.75 Å². The highest BCUT2D eigenvalue weighted by Gasteiger charge is 2.21. The van der Waals surface area contributed by atoms with Crippen molar-refractivity contribution < 1.29 is 22.7 Å². The molecule has 0 saturated carbocycles. The van der Waals surface area contributed by atoms with Crippen molar-refractivity contribution in [1.82, 2.24) is 4.98 Å². The molecule has 0 aliphatic carbocycles. The van der Waals surface area contributed by atoms with Gasteiger partial charge < -0.3 is 4.74 Å². The number of aromatic nitrogens is 1. The van der Waals surface area contributed by atoms with E-state index in [1.54, 1.807) is 0 Å². The summed E-state index contributed by atoms with van der Waals surface area (Å²) in [6.07, 6.45) is -2.95. The van der Waals surface area contributed by atoms with Gasteiger partial charge in [0.25, 0.3) is 11.7 Å². The van der Waals surface area contributed by atoms with Crippen molar-refractivity contribution in [3.05, 3.63) is 23.3 Å². The van der Waals surface area contributed by atoms with E-state index in [0.29, 0.717) is 0 Å². The summed E-state index contributed by atoms with van der Waals surface area (Å²) in [5.41, 5.74) is -1.46. The molecule has 7 heteroatoms. The lowest BCUT2D eigenvalue weighted by Crippen LogP contribution is -2.05. The quantitative estimate of drug-likeness (QED) is 0.601. The second kappa shape index (κ2) is 4.48. The van der Waals surface area contributed by atoms with Gasteiger partial charge in [-0.3, -0.25) is 4.79 Å². The molecule has 0 amide bonds. The lowest BCUT2D eigenvalue weighted by atomic mass is 10.2. The summed E-state index contributed by atoms with van der Waals surface area (Å²) in [5, 5.41) is -1.15. The molecule has 0 fully saturated rings. The molecule has 0 aliphatic heterocycles. The summed E-state index contributed by atoms with van der Waals surface area (Å²) in [6, 6.07) is 0.767. The Bertz CT molecular complexity index is 398. The molecule has 0 unspecified atom stereocenters. The van der Waals surface area contributed by atoms with Crippen LogP contribution in [0.15, 0.2) is 6.07 Å². The molecule has 0 aliphatic rings. The first-order valence-electron chi connectivity index (χ1n) is 3.69. The molecular formula is C8H5ClF3NO2. The molecule has 0 radical (unpaired) electrons. The Kier molecular flexibility index (Phi) is 3.52. The van der Waals surface area contributed by atoms with Crippen LogP contribution >= 0.6 is 11.6 Å². The molecule has 1 heterocycles. The predicted molar refractivity (Wildman–Crippen MR) is 45.9 cm³/mol. The van der Waals surface area contributed by atoms with E-state index in [9.17, 15) is 18.0 Å². The van der Waals surface area contributed by atoms with E-state index in [-0.39, 0.29) is 5.75 Å². The van der Waals surface area contributed by atoms with Gasteiger partial charge in [0.15, 0.2) is 0 Å². The highest BCUT2D eigenvalue weighted by Crippen LogP contribution is 2.27. The van der Waals surface area contributed by atoms with E-state index in [1.807, 2.05) is 0 Å². The zero-order chi connectivity index (χ0) is 11.6. The molecule has 0 N–H and O–H groups in total. The lowest BCUT2D eigenvalue weighted by Gasteiger charge is -2.07. The third-order valence-corrected chi connectivity index (χ3v) is 1.79. The monoisotopic (exact) mass is 239 g/mol. The smallest absolute Gasteiger partial charge is 0.280 e. The molecule has 3 nitrogen and oxygen atoms in total. The minimum Gasteiger partial charge on any atom is -0.496 e. The van der Waals surface area contributed by atoms with Crippen molar-refractivity contribution in [2.45, 2.75) is 6.43 Å². The molecular weight excluding hydrogens is 235 g/mol. The van der Waals surface area contributed by atoms with Crippen molar-refractivity contribution in [3.63, 3.8) is 0 Å². The van der Waals surface area contributed by atoms with Crippen LogP contribution in [0.4, 0.5) is 13.2 Å². The van der Waals surface area contributed by atoms with Crippen LogP contribution in [0, 0.1) is 5.95 Å². The van der Waals surface area contributed by atoms with Crippen molar-refractivity contribution in [2.75, 3.05) is 7.11 Å². The first kappa shape index (κ1) is 11.8. The van der Waals surface area contributed by atoms with Crippen LogP contribution in [-0.2, 0) is 0 Å². The fourth-order valence-corrected chi connectivity index (χ4v) is 1.13. The van der Waals surface area contributed by atoms with Crippen LogP contribution < -0.4 is 4.74 Å². The van der Waals surface area contributed by atoms with E-state index in [1.165, 1.54) is 0 Å². The van der Waals surface area contributed by atoms with Gasteiger partial charge in [0.2, 0.25) is 5.95 Å². The van der Waals surface area contributed by atoms with Crippen LogP contribution in [0.25, 0.3) is 0 Å². The van der Waals surface area contributed by atoms with Crippen LogP contribution in [0.3, 0.4) is 0 Å². The number of hydrogen-bond acceptors (Lipinski definition) is 3. The first-order valence-corrected chi connectivity index (χ1v) is 4.07. The van der Waals surface area contributed by atoms with E-state index in [0.717, 1.165) is 13.2 Å². The number of halogens is 4. The lowest BCUT2D eigenvalue weighted by molar-refractivity contribution is 0.107. The highest BCUT2D eigenvalue weighted by molar-refractivity contribution is 6.68. The fraction of sp³-hybridized carbons (Fsp3) is 0.250. The summed E-state index contributed by atoms with van der Waals surface area (Å²) >= 11 is 5.04. The number of methoxy groups -OCH3 is 1. The summed E-state index contributed by atoms with van der Waals surface area (Å²) < 4.78 is 42.0. The largest absolute Gasteiger partial charge is 0.496 e. The van der Waals surface area contributed by atoms with Gasteiger partial charge in [0, 0.05) is 6.07 Å². The molecule has 0 spiro atoms. The van der Waals surface area contributed by atoms with Gasteiger partial charge in [0.1, 0.15) is 17.0 Å². The standard InChI is InChI=1S/C8H5ClF3NO2/c1-15-4-2-3(7(10)11)13-8(12)5(4)6(9)14/h2,7H,1H3. The highest BCUT2D eigenvalue weighted by atomic mass is 35.5. The van der Waals surface area contributed by atoms with Gasteiger partial charge in [-0.15, -0.1) is 0 Å². The SMILES string of the molecule is COc1cc(C(F)F)nc(F)c1C(=O)Cl. The van der Waals surface area contributed by atoms with E-state index in [2.05, 4.69) is 9.72 Å². The van der Waals surface area contributed by atoms with Gasteiger partial charge in [0.05, 0.1) is 7.11 Å². The number of carbonyl (C=O) groups is 1. The molecule has 0 saturated heterocycles. The summed E-state index contributed by atoms with van der Waals surface area (Å²) in [7, 11) is 1.10. The summed E-state index contributed by atoms with van der Waals surface area (Å²) in [6.45, 7) is 0. The molecule has 0 aromatic carbocycles. The van der Waals surface area contributed by atoms with E-state index < -0.39 is 28.9 Å². The molecule has 1 rings (SSSR count). The van der Waals surface area contributed by atoms with Gasteiger partial charge in [-0.2, -0.15) is 4.39 Å². The molecule has 0 bridgehead atoms. The van der Waals surface area contributed by atoms with Crippen molar-refractivity contribution in [2.24, 2.45) is 0 Å². The van der Waals surface area contributed by atoms with Gasteiger partial charge >= 0.3 is 0 Å². The zero-order valence-corrected chi connectivity index (χ0v) is 8.19. The maximum atomic E-state index is 13.1. The molecule has 1 aromatic rings. The van der Waals surface area contributed by atoms with Crippen LogP contribution in [0.1, 0.15) is 22.5 Å². The Hall–Kier alpha value is -1.30. The summed E-state index contributed by atoms with van der Waals surface area (Å²) in [5.74, 6) is -1.73. The number of alkyl halides is 2. The van der Waals surface area contributed by atoms with Crippen molar-refractivity contribution >= 4 is 16.8 Å². The Morgan fingerprint density at radius 3 is 2.60 bits per heavy atom. The number of pyridine rings is 1. The molecule has 15 heavy (non-hydrogen) atoms. The minimum atomic E-state index is -2.95. The normalized spacial score (nSPS) is 10.5. The van der Waals surface area contributed by atoms with Gasteiger partial charge in [-0.1, -0.05) is 0 Å². The molecule has 0 atom stereocenters. The van der Waals surface area contributed by atoms with Crippen LogP contribution in [0.2, 0.25) is 0 Å². The number of hydrogen-bond donors (Lipinski definition) is 0. The second-order valence-corrected chi connectivity index (χ2v) is 2.83. The number of rotatable bonds is 3. The Balaban J connectivity index is 3.37. The average Bonchev–Trinajstić information content (AvgIpc) is 2.15. The topological polar surface area (TPSA) is 39.2 Å². The third-order valence-electron chi connectivity index (χ3n) is 1.60. The maximum absolute atomic E-state index is 13.1. The van der Waals surface area contributed by atoms with Crippen LogP contribution in [-0.4, -0.2) is 17.3 Å². The van der Waals surface area contributed by atoms with Gasteiger partial charge in [-0.25, -0.2) is 13.8 Å². The number of carbonyl (C=O) groups excluding carboxylic acids is 1. The zero-order valence-electron chi connectivity index (χ0n) is 7.43. The maximum Gasteiger partial charge on any atom is 0.280 e. The van der Waals surface area contributed by atoms with Crippen LogP contribution in [0.5, 0.6) is 5.75 Å². The fourth-order valence-electron chi connectivity index (χ4n) is 0.960. The number of ether oxygens (including phenoxy) is 1. The summed E-state index contributed by atoms with van der Waals surface area (Å²) in [4.78, 5) is 13.6. The average molecular weight is 240 g/mol. The van der Waals surface area contributed by atoms with E-state index >= 15 is 0 Å². The second-order valence-electron chi connectivity index (χ2n) is 2.49. The Morgan fingerprint density at radius 1 is 1.60 bits per heavy atom. The molecule has 82 valence electrons. The Morgan fingerprint density at radius 2 is 2.20 bits per heavy atom. The first-order chi connectivity index (χ1) is 6.97. The number of nitrogens with zero attached hydrogens (tertiary/aromatic N) is 1. The van der Waals surface area contributed by atoms with Crippen molar-refractivity contribution in [1.29, 1.82) is 0 Å². The van der Waals surface area contributed by atoms with E-state index in [4.69, 9.17) is 11.6 Å². The third kappa shape index (κ3) is 2.38. The Labute approximate surface area is 87.8 Å². The van der Waals surface area contributed by atoms with Gasteiger partial charge in [-0.05, 0) is 11.6 Å². The molecule has 1 aromatic heterocycles. The predicted octanol–water partition coefficient (Wildman–Crippen LogP) is 2.55.